The third-order valence-corrected chi connectivity index (χ3v) is 5.56. The van der Waals surface area contributed by atoms with Crippen molar-refractivity contribution in [1.82, 2.24) is 14.9 Å². The van der Waals surface area contributed by atoms with Gasteiger partial charge in [0.2, 0.25) is 0 Å². The summed E-state index contributed by atoms with van der Waals surface area (Å²) < 4.78 is 15.6. The van der Waals surface area contributed by atoms with Crippen LogP contribution in [0.3, 0.4) is 0 Å². The summed E-state index contributed by atoms with van der Waals surface area (Å²) in [5.41, 5.74) is 5.35. The maximum Gasteiger partial charge on any atom is 0.261 e. The Labute approximate surface area is 185 Å². The van der Waals surface area contributed by atoms with Crippen LogP contribution in [0.4, 0.5) is 4.39 Å². The van der Waals surface area contributed by atoms with Gasteiger partial charge in [0.1, 0.15) is 17.5 Å². The van der Waals surface area contributed by atoms with Gasteiger partial charge < -0.3 is 14.9 Å². The second-order valence-electron chi connectivity index (χ2n) is 7.68. The van der Waals surface area contributed by atoms with Crippen LogP contribution in [0.2, 0.25) is 0 Å². The molecule has 0 atom stereocenters. The molecule has 2 heterocycles. The molecule has 0 unspecified atom stereocenters. The Morgan fingerprint density at radius 2 is 2.00 bits per heavy atom. The number of fused-ring (bicyclic) bond motifs is 1. The highest BCUT2D eigenvalue weighted by Gasteiger charge is 2.14. The summed E-state index contributed by atoms with van der Waals surface area (Å²) in [7, 11) is 0. The average Bonchev–Trinajstić information content (AvgIpc) is 3.32. The van der Waals surface area contributed by atoms with Crippen LogP contribution in [-0.4, -0.2) is 22.0 Å². The Kier molecular flexibility index (Phi) is 5.91. The van der Waals surface area contributed by atoms with E-state index in [-0.39, 0.29) is 11.4 Å². The van der Waals surface area contributed by atoms with Crippen molar-refractivity contribution in [2.75, 3.05) is 6.54 Å². The molecule has 160 valence electrons. The molecule has 2 aromatic heterocycles. The van der Waals surface area contributed by atoms with Crippen molar-refractivity contribution in [2.45, 2.75) is 20.3 Å². The third-order valence-electron chi connectivity index (χ3n) is 5.56. The number of aryl methyl sites for hydroxylation is 1. The number of nitrogens with zero attached hydrogens (tertiary/aromatic N) is 2. The van der Waals surface area contributed by atoms with Crippen molar-refractivity contribution in [3.8, 4) is 11.8 Å². The summed E-state index contributed by atoms with van der Waals surface area (Å²) in [6.07, 6.45) is 4.18. The molecule has 4 rings (SSSR count). The van der Waals surface area contributed by atoms with Crippen LogP contribution in [0.1, 0.15) is 22.5 Å². The van der Waals surface area contributed by atoms with Crippen LogP contribution >= 0.6 is 0 Å². The summed E-state index contributed by atoms with van der Waals surface area (Å²) in [6.45, 7) is 4.21. The fraction of sp³-hybridized carbons (Fsp3) is 0.154. The van der Waals surface area contributed by atoms with Crippen molar-refractivity contribution in [2.24, 2.45) is 0 Å². The SMILES string of the molecule is Cc1cc(/C=C(/C#N)C(=O)NCCc2c[nH]c3ccccc23)c(C)n1-c1cccc(F)c1. The lowest BCUT2D eigenvalue weighted by atomic mass is 10.1. The van der Waals surface area contributed by atoms with Gasteiger partial charge in [0, 0.05) is 40.7 Å². The minimum absolute atomic E-state index is 0.0309. The number of H-pyrrole nitrogens is 1. The molecule has 0 saturated carbocycles. The molecular formula is C26H23FN4O. The van der Waals surface area contributed by atoms with Gasteiger partial charge in [0.15, 0.2) is 0 Å². The first-order valence-electron chi connectivity index (χ1n) is 10.4. The lowest BCUT2D eigenvalue weighted by Gasteiger charge is -2.09. The molecule has 0 aliphatic carbocycles. The van der Waals surface area contributed by atoms with E-state index in [1.165, 1.54) is 12.1 Å². The summed E-state index contributed by atoms with van der Waals surface area (Å²) in [5, 5.41) is 13.5. The highest BCUT2D eigenvalue weighted by Crippen LogP contribution is 2.23. The maximum atomic E-state index is 13.7. The van der Waals surface area contributed by atoms with E-state index in [0.29, 0.717) is 18.7 Å². The highest BCUT2D eigenvalue weighted by atomic mass is 19.1. The van der Waals surface area contributed by atoms with E-state index < -0.39 is 5.91 Å². The molecule has 0 aliphatic heterocycles. The predicted molar refractivity (Wildman–Crippen MR) is 124 cm³/mol. The van der Waals surface area contributed by atoms with Crippen LogP contribution in [0.5, 0.6) is 0 Å². The second kappa shape index (κ2) is 8.94. The van der Waals surface area contributed by atoms with Crippen molar-refractivity contribution < 1.29 is 9.18 Å². The van der Waals surface area contributed by atoms with Gasteiger partial charge in [-0.15, -0.1) is 0 Å². The third kappa shape index (κ3) is 4.19. The number of nitrogens with one attached hydrogen (secondary N) is 2. The van der Waals surface area contributed by atoms with Gasteiger partial charge in [-0.2, -0.15) is 5.26 Å². The molecule has 2 N–H and O–H groups in total. The fourth-order valence-electron chi connectivity index (χ4n) is 3.99. The minimum Gasteiger partial charge on any atom is -0.361 e. The largest absolute Gasteiger partial charge is 0.361 e. The second-order valence-corrected chi connectivity index (χ2v) is 7.68. The van der Waals surface area contributed by atoms with Crippen LogP contribution in [-0.2, 0) is 11.2 Å². The first kappa shape index (κ1) is 21.1. The first-order chi connectivity index (χ1) is 15.5. The maximum absolute atomic E-state index is 13.7. The number of aromatic nitrogens is 2. The zero-order valence-electron chi connectivity index (χ0n) is 17.9. The number of carbonyl (C=O) groups excluding carboxylic acids is 1. The summed E-state index contributed by atoms with van der Waals surface area (Å²) >= 11 is 0. The Hall–Kier alpha value is -4.11. The van der Waals surface area contributed by atoms with E-state index in [0.717, 1.165) is 33.4 Å². The Bertz CT molecular complexity index is 1370. The number of halogens is 1. The van der Waals surface area contributed by atoms with Gasteiger partial charge in [-0.25, -0.2) is 4.39 Å². The van der Waals surface area contributed by atoms with E-state index in [1.807, 2.05) is 67.1 Å². The Morgan fingerprint density at radius 3 is 2.78 bits per heavy atom. The van der Waals surface area contributed by atoms with Crippen molar-refractivity contribution in [3.05, 3.63) is 94.7 Å². The number of amides is 1. The average molecular weight is 426 g/mol. The topological polar surface area (TPSA) is 73.6 Å². The molecule has 0 spiro atoms. The van der Waals surface area contributed by atoms with Crippen molar-refractivity contribution in [3.63, 3.8) is 0 Å². The van der Waals surface area contributed by atoms with E-state index in [9.17, 15) is 14.4 Å². The van der Waals surface area contributed by atoms with Gasteiger partial charge in [0.25, 0.3) is 5.91 Å². The number of nitriles is 1. The highest BCUT2D eigenvalue weighted by molar-refractivity contribution is 6.01. The van der Waals surface area contributed by atoms with Crippen LogP contribution in [0, 0.1) is 31.0 Å². The normalized spacial score (nSPS) is 11.5. The van der Waals surface area contributed by atoms with Crippen molar-refractivity contribution in [1.29, 1.82) is 5.26 Å². The van der Waals surface area contributed by atoms with E-state index >= 15 is 0 Å². The summed E-state index contributed by atoms with van der Waals surface area (Å²) in [5.74, 6) is -0.734. The lowest BCUT2D eigenvalue weighted by molar-refractivity contribution is -0.117. The van der Waals surface area contributed by atoms with E-state index in [4.69, 9.17) is 0 Å². The number of aromatic amines is 1. The number of hydrogen-bond donors (Lipinski definition) is 2. The number of rotatable bonds is 6. The molecule has 0 radical (unpaired) electrons. The number of carbonyl (C=O) groups is 1. The Balaban J connectivity index is 1.50. The smallest absolute Gasteiger partial charge is 0.261 e. The molecule has 5 nitrogen and oxygen atoms in total. The molecule has 4 aromatic rings. The molecule has 0 saturated heterocycles. The lowest BCUT2D eigenvalue weighted by Crippen LogP contribution is -2.26. The molecule has 0 bridgehead atoms. The van der Waals surface area contributed by atoms with Crippen molar-refractivity contribution >= 4 is 22.9 Å². The Morgan fingerprint density at radius 1 is 1.19 bits per heavy atom. The van der Waals surface area contributed by atoms with Gasteiger partial charge in [-0.1, -0.05) is 24.3 Å². The van der Waals surface area contributed by atoms with Gasteiger partial charge in [0.05, 0.1) is 0 Å². The molecule has 0 aliphatic rings. The predicted octanol–water partition coefficient (Wildman–Crippen LogP) is 4.98. The van der Waals surface area contributed by atoms with E-state index in [2.05, 4.69) is 10.3 Å². The standard InChI is InChI=1S/C26H23FN4O/c1-17-12-20(18(2)31(17)23-7-5-6-22(27)14-23)13-21(15-28)26(32)29-11-10-19-16-30-25-9-4-3-8-24(19)25/h3-9,12-14,16,30H,10-11H2,1-2H3,(H,29,32)/b21-13-. The van der Waals surface area contributed by atoms with Gasteiger partial charge in [-0.05, 0) is 67.8 Å². The van der Waals surface area contributed by atoms with Gasteiger partial charge in [-0.3, -0.25) is 4.79 Å². The zero-order valence-corrected chi connectivity index (χ0v) is 17.9. The molecule has 1 amide bonds. The monoisotopic (exact) mass is 426 g/mol. The molecule has 32 heavy (non-hydrogen) atoms. The van der Waals surface area contributed by atoms with Crippen LogP contribution in [0.25, 0.3) is 22.7 Å². The number of benzene rings is 2. The fourth-order valence-corrected chi connectivity index (χ4v) is 3.99. The quantitative estimate of drug-likeness (QED) is 0.337. The summed E-state index contributed by atoms with van der Waals surface area (Å²) in [6, 6.07) is 18.2. The molecular weight excluding hydrogens is 403 g/mol. The minimum atomic E-state index is -0.414. The summed E-state index contributed by atoms with van der Waals surface area (Å²) in [4.78, 5) is 15.8. The molecule has 0 fully saturated rings. The number of para-hydroxylation sites is 1. The molecule has 2 aromatic carbocycles. The molecule has 6 heteroatoms. The zero-order chi connectivity index (χ0) is 22.7. The van der Waals surface area contributed by atoms with E-state index in [1.54, 1.807) is 12.1 Å². The first-order valence-corrected chi connectivity index (χ1v) is 10.4. The van der Waals surface area contributed by atoms with Crippen LogP contribution in [0.15, 0.2) is 66.4 Å². The number of hydrogen-bond acceptors (Lipinski definition) is 2. The van der Waals surface area contributed by atoms with Crippen LogP contribution < -0.4 is 5.32 Å². The van der Waals surface area contributed by atoms with Gasteiger partial charge >= 0.3 is 0 Å².